The van der Waals surface area contributed by atoms with E-state index in [0.29, 0.717) is 18.2 Å². The number of benzene rings is 1. The molecule has 28 heavy (non-hydrogen) atoms. The lowest BCUT2D eigenvalue weighted by atomic mass is 9.86. The number of furan rings is 1. The molecule has 1 aliphatic heterocycles. The Morgan fingerprint density at radius 3 is 2.96 bits per heavy atom. The lowest BCUT2D eigenvalue weighted by Crippen LogP contribution is -2.32. The van der Waals surface area contributed by atoms with Crippen molar-refractivity contribution in [1.29, 1.82) is 0 Å². The van der Waals surface area contributed by atoms with Crippen molar-refractivity contribution in [2.45, 2.75) is 38.5 Å². The highest BCUT2D eigenvalue weighted by atomic mass is 16.3. The summed E-state index contributed by atoms with van der Waals surface area (Å²) in [6.07, 6.45) is 10.1. The van der Waals surface area contributed by atoms with E-state index in [1.165, 1.54) is 36.1 Å². The smallest absolute Gasteiger partial charge is 0.293 e. The first-order valence-electron chi connectivity index (χ1n) is 10.3. The van der Waals surface area contributed by atoms with Crippen LogP contribution in [-0.2, 0) is 0 Å². The van der Waals surface area contributed by atoms with E-state index in [4.69, 9.17) is 4.42 Å². The Labute approximate surface area is 167 Å². The Hall–Kier alpha value is -2.75. The third-order valence-corrected chi connectivity index (χ3v) is 5.75. The van der Waals surface area contributed by atoms with Crippen LogP contribution >= 0.6 is 0 Å². The Balaban J connectivity index is 1.62. The molecule has 0 saturated carbocycles. The fourth-order valence-corrected chi connectivity index (χ4v) is 4.48. The van der Waals surface area contributed by atoms with E-state index < -0.39 is 0 Å². The summed E-state index contributed by atoms with van der Waals surface area (Å²) in [5, 5.41) is 0. The summed E-state index contributed by atoms with van der Waals surface area (Å²) >= 11 is 0. The van der Waals surface area contributed by atoms with Crippen molar-refractivity contribution >= 4 is 17.7 Å². The number of unbranched alkanes of at least 4 members (excludes halogenated alkanes) is 2. The second-order valence-electron chi connectivity index (χ2n) is 7.65. The van der Waals surface area contributed by atoms with Crippen LogP contribution in [0.1, 0.15) is 60.2 Å². The molecule has 0 spiro atoms. The van der Waals surface area contributed by atoms with Gasteiger partial charge in [0.05, 0.1) is 6.26 Å². The molecule has 4 nitrogen and oxygen atoms in total. The lowest BCUT2D eigenvalue weighted by Gasteiger charge is -2.29. The minimum absolute atomic E-state index is 0.103. The van der Waals surface area contributed by atoms with Crippen LogP contribution in [0.3, 0.4) is 0 Å². The topological polar surface area (TPSA) is 36.7 Å². The second-order valence-corrected chi connectivity index (χ2v) is 7.65. The molecule has 4 heteroatoms. The molecule has 2 heterocycles. The van der Waals surface area contributed by atoms with E-state index in [1.54, 1.807) is 29.4 Å². The zero-order chi connectivity index (χ0) is 19.5. The van der Waals surface area contributed by atoms with Crippen molar-refractivity contribution in [2.24, 2.45) is 0 Å². The maximum atomic E-state index is 13.0. The first kappa shape index (κ1) is 18.6. The summed E-state index contributed by atoms with van der Waals surface area (Å²) in [5.41, 5.74) is 5.11. The number of anilines is 1. The molecule has 2 aliphatic rings. The van der Waals surface area contributed by atoms with Crippen molar-refractivity contribution in [3.63, 3.8) is 0 Å². The molecule has 1 unspecified atom stereocenters. The van der Waals surface area contributed by atoms with E-state index in [-0.39, 0.29) is 5.91 Å². The average Bonchev–Trinajstić information content (AvgIpc) is 3.36. The molecular formula is C24H28N2O2. The maximum absolute atomic E-state index is 13.0. The Bertz CT molecular complexity index is 882. The van der Waals surface area contributed by atoms with Gasteiger partial charge in [-0.2, -0.15) is 0 Å². The molecule has 0 fully saturated rings. The number of hydrogen-bond donors (Lipinski definition) is 0. The van der Waals surface area contributed by atoms with Gasteiger partial charge in [0.25, 0.3) is 5.91 Å². The Morgan fingerprint density at radius 1 is 1.32 bits per heavy atom. The molecule has 0 bridgehead atoms. The van der Waals surface area contributed by atoms with Crippen LogP contribution in [0, 0.1) is 0 Å². The zero-order valence-corrected chi connectivity index (χ0v) is 16.6. The molecule has 0 radical (unpaired) electrons. The number of nitrogens with zero attached hydrogens (tertiary/aromatic N) is 2. The van der Waals surface area contributed by atoms with Crippen LogP contribution in [0.4, 0.5) is 5.69 Å². The minimum atomic E-state index is -0.103. The Kier molecular flexibility index (Phi) is 5.38. The van der Waals surface area contributed by atoms with Gasteiger partial charge in [0.2, 0.25) is 0 Å². The summed E-state index contributed by atoms with van der Waals surface area (Å²) in [6.45, 7) is 8.71. The zero-order valence-electron chi connectivity index (χ0n) is 16.6. The van der Waals surface area contributed by atoms with E-state index in [1.807, 2.05) is 0 Å². The van der Waals surface area contributed by atoms with E-state index in [0.717, 1.165) is 25.2 Å². The maximum Gasteiger partial charge on any atom is 0.293 e. The second kappa shape index (κ2) is 8.09. The third-order valence-electron chi connectivity index (χ3n) is 5.75. The fourth-order valence-electron chi connectivity index (χ4n) is 4.48. The lowest BCUT2D eigenvalue weighted by molar-refractivity contribution is 0.0784. The number of allylic oxidation sites excluding steroid dienone is 1. The normalized spacial score (nSPS) is 17.2. The van der Waals surface area contributed by atoms with Crippen molar-refractivity contribution in [1.82, 2.24) is 4.90 Å². The van der Waals surface area contributed by atoms with Gasteiger partial charge in [0, 0.05) is 36.9 Å². The highest BCUT2D eigenvalue weighted by molar-refractivity contribution is 5.93. The van der Waals surface area contributed by atoms with Crippen LogP contribution in [0.15, 0.2) is 59.4 Å². The standard InChI is InChI=1S/C24H28N2O2/c1-3-5-6-13-25-17-19-16-20(15-18-9-7-10-21(25)23(18)19)26(12-4-2)24(27)22-11-8-14-28-22/h4,7-11,14-15,19H,2-3,5-6,12-13,16-17H2,1H3. The molecule has 1 atom stereocenters. The molecule has 1 aromatic carbocycles. The number of carbonyl (C=O) groups excluding carboxylic acids is 1. The fraction of sp³-hybridized carbons (Fsp3) is 0.375. The summed E-state index contributed by atoms with van der Waals surface area (Å²) < 4.78 is 5.36. The first-order chi connectivity index (χ1) is 13.7. The number of hydrogen-bond acceptors (Lipinski definition) is 3. The summed E-state index contributed by atoms with van der Waals surface area (Å²) in [5.74, 6) is 0.702. The van der Waals surface area contributed by atoms with Gasteiger partial charge in [-0.3, -0.25) is 4.79 Å². The van der Waals surface area contributed by atoms with Crippen LogP contribution in [-0.4, -0.2) is 30.4 Å². The average molecular weight is 377 g/mol. The number of carbonyl (C=O) groups is 1. The van der Waals surface area contributed by atoms with Gasteiger partial charge < -0.3 is 14.2 Å². The van der Waals surface area contributed by atoms with Gasteiger partial charge in [-0.25, -0.2) is 0 Å². The Morgan fingerprint density at radius 2 is 2.21 bits per heavy atom. The predicted molar refractivity (Wildman–Crippen MR) is 113 cm³/mol. The van der Waals surface area contributed by atoms with Crippen molar-refractivity contribution in [3.8, 4) is 0 Å². The van der Waals surface area contributed by atoms with E-state index in [9.17, 15) is 4.79 Å². The van der Waals surface area contributed by atoms with Gasteiger partial charge in [-0.05, 0) is 48.2 Å². The molecule has 1 aromatic heterocycles. The monoisotopic (exact) mass is 376 g/mol. The van der Waals surface area contributed by atoms with Crippen LogP contribution in [0.25, 0.3) is 6.08 Å². The van der Waals surface area contributed by atoms with Gasteiger partial charge in [-0.15, -0.1) is 6.58 Å². The summed E-state index contributed by atoms with van der Waals surface area (Å²) in [6, 6.07) is 10.0. The predicted octanol–water partition coefficient (Wildman–Crippen LogP) is 5.45. The molecule has 146 valence electrons. The molecule has 4 rings (SSSR count). The van der Waals surface area contributed by atoms with Crippen molar-refractivity contribution in [3.05, 3.63) is 71.8 Å². The van der Waals surface area contributed by atoms with Crippen molar-refractivity contribution in [2.75, 3.05) is 24.5 Å². The SMILES string of the molecule is C=CCN(C(=O)c1ccco1)C1=Cc2cccc3c2C(C1)CN3CCCCC. The molecule has 0 N–H and O–H groups in total. The number of rotatable bonds is 8. The van der Waals surface area contributed by atoms with Gasteiger partial charge >= 0.3 is 0 Å². The molecule has 1 amide bonds. The van der Waals surface area contributed by atoms with Crippen LogP contribution in [0.5, 0.6) is 0 Å². The van der Waals surface area contributed by atoms with Crippen LogP contribution in [0.2, 0.25) is 0 Å². The quantitative estimate of drug-likeness (QED) is 0.454. The third kappa shape index (κ3) is 3.39. The van der Waals surface area contributed by atoms with Crippen molar-refractivity contribution < 1.29 is 9.21 Å². The molecule has 2 aromatic rings. The van der Waals surface area contributed by atoms with E-state index in [2.05, 4.69) is 42.7 Å². The number of amides is 1. The van der Waals surface area contributed by atoms with Crippen LogP contribution < -0.4 is 4.90 Å². The van der Waals surface area contributed by atoms with E-state index >= 15 is 0 Å². The highest BCUT2D eigenvalue weighted by Crippen LogP contribution is 2.46. The first-order valence-corrected chi connectivity index (χ1v) is 10.3. The minimum Gasteiger partial charge on any atom is -0.459 e. The molecular weight excluding hydrogens is 348 g/mol. The molecule has 1 aliphatic carbocycles. The van der Waals surface area contributed by atoms with Gasteiger partial charge in [0.15, 0.2) is 5.76 Å². The van der Waals surface area contributed by atoms with Gasteiger partial charge in [-0.1, -0.05) is 38.0 Å². The molecule has 0 saturated heterocycles. The van der Waals surface area contributed by atoms with Gasteiger partial charge in [0.1, 0.15) is 0 Å². The highest BCUT2D eigenvalue weighted by Gasteiger charge is 2.35. The summed E-state index contributed by atoms with van der Waals surface area (Å²) in [7, 11) is 0. The largest absolute Gasteiger partial charge is 0.459 e. The summed E-state index contributed by atoms with van der Waals surface area (Å²) in [4.78, 5) is 17.3.